The zero-order valence-corrected chi connectivity index (χ0v) is 13.3. The van der Waals surface area contributed by atoms with Gasteiger partial charge in [0.1, 0.15) is 5.75 Å². The van der Waals surface area contributed by atoms with E-state index in [1.807, 2.05) is 36.4 Å². The fraction of sp³-hybridized carbons (Fsp3) is 0.263. The van der Waals surface area contributed by atoms with Crippen LogP contribution in [0.5, 0.6) is 5.75 Å². The Hall–Kier alpha value is -2.82. The Morgan fingerprint density at radius 2 is 1.96 bits per heavy atom. The molecule has 1 aliphatic rings. The zero-order chi connectivity index (χ0) is 16.9. The Morgan fingerprint density at radius 3 is 2.71 bits per heavy atom. The van der Waals surface area contributed by atoms with Gasteiger partial charge in [-0.25, -0.2) is 0 Å². The molecule has 0 radical (unpaired) electrons. The maximum atomic E-state index is 12.8. The van der Waals surface area contributed by atoms with E-state index in [0.29, 0.717) is 13.1 Å². The smallest absolute Gasteiger partial charge is 0.227 e. The van der Waals surface area contributed by atoms with Crippen molar-refractivity contribution < 1.29 is 14.7 Å². The second-order valence-electron chi connectivity index (χ2n) is 5.91. The van der Waals surface area contributed by atoms with E-state index in [9.17, 15) is 14.7 Å². The number of phenols is 1. The van der Waals surface area contributed by atoms with Gasteiger partial charge in [0.05, 0.1) is 18.9 Å². The molecular formula is C19H20N2O3. The van der Waals surface area contributed by atoms with Gasteiger partial charge < -0.3 is 15.3 Å². The lowest BCUT2D eigenvalue weighted by atomic mass is 10.0. The molecule has 0 saturated carbocycles. The van der Waals surface area contributed by atoms with Crippen LogP contribution in [0, 0.1) is 0 Å². The Morgan fingerprint density at radius 1 is 1.17 bits per heavy atom. The molecule has 0 bridgehead atoms. The number of aromatic hydroxyl groups is 1. The van der Waals surface area contributed by atoms with Crippen molar-refractivity contribution in [1.82, 2.24) is 10.2 Å². The highest BCUT2D eigenvalue weighted by atomic mass is 16.3. The van der Waals surface area contributed by atoms with Crippen molar-refractivity contribution in [3.05, 3.63) is 65.7 Å². The summed E-state index contributed by atoms with van der Waals surface area (Å²) >= 11 is 0. The van der Waals surface area contributed by atoms with Crippen molar-refractivity contribution in [1.29, 1.82) is 0 Å². The van der Waals surface area contributed by atoms with Crippen LogP contribution in [-0.4, -0.2) is 34.9 Å². The number of benzene rings is 2. The fourth-order valence-corrected chi connectivity index (χ4v) is 3.04. The van der Waals surface area contributed by atoms with E-state index < -0.39 is 0 Å². The van der Waals surface area contributed by atoms with Crippen LogP contribution in [0.4, 0.5) is 0 Å². The number of nitrogens with one attached hydrogen (secondary N) is 1. The van der Waals surface area contributed by atoms with Gasteiger partial charge in [0.2, 0.25) is 11.8 Å². The lowest BCUT2D eigenvalue weighted by Crippen LogP contribution is -2.37. The predicted molar refractivity (Wildman–Crippen MR) is 90.3 cm³/mol. The molecular weight excluding hydrogens is 304 g/mol. The molecule has 124 valence electrons. The SMILES string of the molecule is O=C1C[C@H](c2ccccc2)N(C(=O)Cc2cccc(O)c2)CCN1. The average molecular weight is 324 g/mol. The predicted octanol–water partition coefficient (Wildman–Crippen LogP) is 2.02. The molecule has 5 heteroatoms. The number of carbonyl (C=O) groups excluding carboxylic acids is 2. The Balaban J connectivity index is 1.84. The van der Waals surface area contributed by atoms with Gasteiger partial charge in [-0.15, -0.1) is 0 Å². The molecule has 0 aliphatic carbocycles. The molecule has 1 aliphatic heterocycles. The minimum atomic E-state index is -0.265. The number of nitrogens with zero attached hydrogens (tertiary/aromatic N) is 1. The molecule has 1 fully saturated rings. The molecule has 1 heterocycles. The van der Waals surface area contributed by atoms with Gasteiger partial charge >= 0.3 is 0 Å². The number of hydrogen-bond donors (Lipinski definition) is 2. The monoisotopic (exact) mass is 324 g/mol. The standard InChI is InChI=1S/C19H20N2O3/c22-16-8-4-5-14(11-16)12-19(24)21-10-9-20-18(23)13-17(21)15-6-2-1-3-7-15/h1-8,11,17,22H,9-10,12-13H2,(H,20,23)/t17-/m1/s1. The maximum Gasteiger partial charge on any atom is 0.227 e. The number of hydrogen-bond acceptors (Lipinski definition) is 3. The summed E-state index contributed by atoms with van der Waals surface area (Å²) in [5.41, 5.74) is 1.72. The molecule has 0 unspecified atom stereocenters. The fourth-order valence-electron chi connectivity index (χ4n) is 3.04. The van der Waals surface area contributed by atoms with Gasteiger partial charge in [0.25, 0.3) is 0 Å². The number of carbonyl (C=O) groups is 2. The van der Waals surface area contributed by atoms with Crippen LogP contribution in [0.2, 0.25) is 0 Å². The van der Waals surface area contributed by atoms with Crippen LogP contribution in [0.1, 0.15) is 23.6 Å². The highest BCUT2D eigenvalue weighted by molar-refractivity contribution is 5.82. The third-order valence-corrected chi connectivity index (χ3v) is 4.20. The van der Waals surface area contributed by atoms with Crippen molar-refractivity contribution in [3.8, 4) is 5.75 Å². The molecule has 0 spiro atoms. The average Bonchev–Trinajstić information content (AvgIpc) is 2.77. The van der Waals surface area contributed by atoms with E-state index in [2.05, 4.69) is 5.32 Å². The van der Waals surface area contributed by atoms with Gasteiger partial charge in [-0.2, -0.15) is 0 Å². The summed E-state index contributed by atoms with van der Waals surface area (Å²) in [6.45, 7) is 0.927. The summed E-state index contributed by atoms with van der Waals surface area (Å²) in [5, 5.41) is 12.4. The lowest BCUT2D eigenvalue weighted by Gasteiger charge is -2.29. The molecule has 2 aromatic carbocycles. The largest absolute Gasteiger partial charge is 0.508 e. The molecule has 3 rings (SSSR count). The molecule has 2 N–H and O–H groups in total. The van der Waals surface area contributed by atoms with Crippen LogP contribution in [0.25, 0.3) is 0 Å². The first kappa shape index (κ1) is 16.1. The number of amides is 2. The molecule has 2 aromatic rings. The highest BCUT2D eigenvalue weighted by Gasteiger charge is 2.29. The number of phenolic OH excluding ortho intramolecular Hbond substituents is 1. The molecule has 24 heavy (non-hydrogen) atoms. The minimum absolute atomic E-state index is 0.0449. The van der Waals surface area contributed by atoms with E-state index in [4.69, 9.17) is 0 Å². The summed E-state index contributed by atoms with van der Waals surface area (Å²) < 4.78 is 0. The molecule has 0 aromatic heterocycles. The summed E-state index contributed by atoms with van der Waals surface area (Å²) in [6.07, 6.45) is 0.460. The quantitative estimate of drug-likeness (QED) is 0.907. The van der Waals surface area contributed by atoms with Crippen LogP contribution >= 0.6 is 0 Å². The first-order chi connectivity index (χ1) is 11.6. The van der Waals surface area contributed by atoms with Gasteiger partial charge in [0, 0.05) is 13.1 Å². The van der Waals surface area contributed by atoms with Crippen molar-refractivity contribution in [2.24, 2.45) is 0 Å². The third-order valence-electron chi connectivity index (χ3n) is 4.20. The number of rotatable bonds is 3. The van der Waals surface area contributed by atoms with Gasteiger partial charge in [-0.3, -0.25) is 9.59 Å². The van der Waals surface area contributed by atoms with E-state index in [0.717, 1.165) is 11.1 Å². The summed E-state index contributed by atoms with van der Waals surface area (Å²) in [4.78, 5) is 26.5. The van der Waals surface area contributed by atoms with E-state index in [1.54, 1.807) is 23.1 Å². The van der Waals surface area contributed by atoms with Crippen LogP contribution in [0.15, 0.2) is 54.6 Å². The van der Waals surface area contributed by atoms with Gasteiger partial charge in [-0.1, -0.05) is 42.5 Å². The van der Waals surface area contributed by atoms with Crippen molar-refractivity contribution in [2.45, 2.75) is 18.9 Å². The molecule has 1 saturated heterocycles. The summed E-state index contributed by atoms with van der Waals surface area (Å²) in [7, 11) is 0. The first-order valence-electron chi connectivity index (χ1n) is 8.02. The minimum Gasteiger partial charge on any atom is -0.508 e. The summed E-state index contributed by atoms with van der Waals surface area (Å²) in [5.74, 6) is 0.0510. The first-order valence-corrected chi connectivity index (χ1v) is 8.02. The van der Waals surface area contributed by atoms with Crippen LogP contribution in [-0.2, 0) is 16.0 Å². The van der Waals surface area contributed by atoms with Crippen molar-refractivity contribution in [2.75, 3.05) is 13.1 Å². The van der Waals surface area contributed by atoms with Crippen LogP contribution in [0.3, 0.4) is 0 Å². The molecule has 5 nitrogen and oxygen atoms in total. The normalized spacial score (nSPS) is 17.9. The lowest BCUT2D eigenvalue weighted by molar-refractivity contribution is -0.133. The maximum absolute atomic E-state index is 12.8. The van der Waals surface area contributed by atoms with Gasteiger partial charge in [-0.05, 0) is 23.3 Å². The highest BCUT2D eigenvalue weighted by Crippen LogP contribution is 2.26. The second-order valence-corrected chi connectivity index (χ2v) is 5.91. The zero-order valence-electron chi connectivity index (χ0n) is 13.3. The van der Waals surface area contributed by atoms with E-state index in [-0.39, 0.29) is 36.4 Å². The molecule has 1 atom stereocenters. The molecule has 2 amide bonds. The van der Waals surface area contributed by atoms with Crippen molar-refractivity contribution >= 4 is 11.8 Å². The Kier molecular flexibility index (Phi) is 4.79. The Labute approximate surface area is 140 Å². The Bertz CT molecular complexity index is 730. The van der Waals surface area contributed by atoms with Crippen LogP contribution < -0.4 is 5.32 Å². The van der Waals surface area contributed by atoms with Crippen molar-refractivity contribution in [3.63, 3.8) is 0 Å². The second kappa shape index (κ2) is 7.17. The third kappa shape index (κ3) is 3.74. The topological polar surface area (TPSA) is 69.6 Å². The summed E-state index contributed by atoms with van der Waals surface area (Å²) in [6, 6.07) is 16.1. The van der Waals surface area contributed by atoms with E-state index >= 15 is 0 Å². The van der Waals surface area contributed by atoms with Gasteiger partial charge in [0.15, 0.2) is 0 Å². The van der Waals surface area contributed by atoms with E-state index in [1.165, 1.54) is 0 Å².